The molecule has 33 heavy (non-hydrogen) atoms. The number of benzene rings is 2. The van der Waals surface area contributed by atoms with E-state index in [1.54, 1.807) is 6.07 Å². The number of aliphatic hydroxyl groups is 1. The average Bonchev–Trinajstić information content (AvgIpc) is 2.71. The monoisotopic (exact) mass is 473 g/mol. The van der Waals surface area contributed by atoms with E-state index in [0.29, 0.717) is 12.1 Å². The second kappa shape index (κ2) is 11.3. The molecule has 0 aromatic heterocycles. The fraction of sp³-hybridized carbons (Fsp3) is 0.500. The number of aliphatic carboxylic acids is 1. The molecule has 4 N–H and O–H groups in total. The first-order chi connectivity index (χ1) is 15.3. The number of carboxylic acid groups (broad SMARTS) is 1. The smallest absolute Gasteiger partial charge is 0.307 e. The van der Waals surface area contributed by atoms with E-state index in [2.05, 4.69) is 46.1 Å². The first-order valence-electron chi connectivity index (χ1n) is 11.5. The average molecular weight is 474 g/mol. The van der Waals surface area contributed by atoms with Crippen LogP contribution in [0.15, 0.2) is 42.5 Å². The number of hydrogen-bond donors (Lipinski definition) is 4. The van der Waals surface area contributed by atoms with Gasteiger partial charge in [-0.05, 0) is 60.3 Å². The maximum atomic E-state index is 10.9. The van der Waals surface area contributed by atoms with Crippen molar-refractivity contribution in [3.05, 3.63) is 64.7 Å². The van der Waals surface area contributed by atoms with E-state index in [0.717, 1.165) is 23.1 Å². The molecule has 2 aromatic rings. The second-order valence-electron chi connectivity index (χ2n) is 10.3. The van der Waals surface area contributed by atoms with Gasteiger partial charge in [-0.2, -0.15) is 0 Å². The van der Waals surface area contributed by atoms with Crippen LogP contribution in [-0.2, 0) is 28.7 Å². The summed E-state index contributed by atoms with van der Waals surface area (Å²) in [5.74, 6) is -0.746. The largest absolute Gasteiger partial charge is 0.508 e. The standard InChI is InChI=1S/C26H39NO5Si/c1-18(13-19-7-9-20(10-8-19)14-25(30)31)27-16-24(32-33(5,6)26(2,3)4)21-11-12-23(29)22(15-21)17-28/h7-12,15,18,24,27-29H,13-14,16-17H2,1-6H3,(H,30,31). The summed E-state index contributed by atoms with van der Waals surface area (Å²) in [7, 11) is -2.07. The highest BCUT2D eigenvalue weighted by molar-refractivity contribution is 6.74. The highest BCUT2D eigenvalue weighted by Gasteiger charge is 2.39. The van der Waals surface area contributed by atoms with E-state index in [9.17, 15) is 15.0 Å². The van der Waals surface area contributed by atoms with Gasteiger partial charge in [0.05, 0.1) is 19.1 Å². The molecule has 0 saturated heterocycles. The van der Waals surface area contributed by atoms with Crippen LogP contribution in [0.2, 0.25) is 18.1 Å². The summed E-state index contributed by atoms with van der Waals surface area (Å²) < 4.78 is 6.74. The molecule has 2 atom stereocenters. The molecule has 0 aliphatic rings. The minimum atomic E-state index is -2.07. The molecule has 0 fully saturated rings. The van der Waals surface area contributed by atoms with Gasteiger partial charge in [-0.25, -0.2) is 0 Å². The van der Waals surface area contributed by atoms with Gasteiger partial charge in [0.15, 0.2) is 8.32 Å². The lowest BCUT2D eigenvalue weighted by Gasteiger charge is -2.40. The summed E-state index contributed by atoms with van der Waals surface area (Å²) in [6, 6.07) is 13.2. The molecule has 0 radical (unpaired) electrons. The summed E-state index contributed by atoms with van der Waals surface area (Å²) >= 11 is 0. The van der Waals surface area contributed by atoms with Crippen molar-refractivity contribution in [1.29, 1.82) is 0 Å². The quantitative estimate of drug-likeness (QED) is 0.350. The first-order valence-corrected chi connectivity index (χ1v) is 14.4. The third-order valence-corrected chi connectivity index (χ3v) is 10.9. The second-order valence-corrected chi connectivity index (χ2v) is 15.1. The van der Waals surface area contributed by atoms with E-state index < -0.39 is 14.3 Å². The van der Waals surface area contributed by atoms with Crippen LogP contribution < -0.4 is 5.32 Å². The third kappa shape index (κ3) is 7.96. The molecule has 7 heteroatoms. The lowest BCUT2D eigenvalue weighted by Crippen LogP contribution is -2.44. The lowest BCUT2D eigenvalue weighted by atomic mass is 10.0. The number of aromatic hydroxyl groups is 1. The maximum absolute atomic E-state index is 10.9. The van der Waals surface area contributed by atoms with Crippen LogP contribution in [0.1, 0.15) is 56.1 Å². The Labute approximate surface area is 198 Å². The number of rotatable bonds is 11. The molecule has 0 amide bonds. The molecule has 0 aliphatic heterocycles. The zero-order valence-electron chi connectivity index (χ0n) is 20.7. The Hall–Kier alpha value is -2.19. The molecule has 2 unspecified atom stereocenters. The minimum Gasteiger partial charge on any atom is -0.508 e. The van der Waals surface area contributed by atoms with Gasteiger partial charge in [0, 0.05) is 18.2 Å². The highest BCUT2D eigenvalue weighted by atomic mass is 28.4. The Morgan fingerprint density at radius 2 is 1.70 bits per heavy atom. The topological polar surface area (TPSA) is 99.0 Å². The predicted octanol–water partition coefficient (Wildman–Crippen LogP) is 4.80. The number of aliphatic hydroxyl groups excluding tert-OH is 1. The Bertz CT molecular complexity index is 921. The molecule has 2 aromatic carbocycles. The van der Waals surface area contributed by atoms with Crippen LogP contribution in [0.3, 0.4) is 0 Å². The Morgan fingerprint density at radius 1 is 1.09 bits per heavy atom. The number of carbonyl (C=O) groups is 1. The van der Waals surface area contributed by atoms with Crippen LogP contribution in [0.25, 0.3) is 0 Å². The molecule has 0 aliphatic carbocycles. The molecule has 2 rings (SSSR count). The molecule has 0 saturated carbocycles. The van der Waals surface area contributed by atoms with Crippen molar-refractivity contribution in [3.63, 3.8) is 0 Å². The summed E-state index contributed by atoms with van der Waals surface area (Å²) in [6.45, 7) is 13.5. The number of nitrogens with one attached hydrogen (secondary N) is 1. The van der Waals surface area contributed by atoms with Crippen molar-refractivity contribution in [1.82, 2.24) is 5.32 Å². The zero-order chi connectivity index (χ0) is 24.8. The third-order valence-electron chi connectivity index (χ3n) is 6.46. The summed E-state index contributed by atoms with van der Waals surface area (Å²) in [5.41, 5.74) is 3.35. The van der Waals surface area contributed by atoms with Gasteiger partial charge >= 0.3 is 5.97 Å². The SMILES string of the molecule is CC(Cc1ccc(CC(=O)O)cc1)NCC(O[Si](C)(C)C(C)(C)C)c1ccc(O)c(CO)c1. The van der Waals surface area contributed by atoms with Crippen molar-refractivity contribution >= 4 is 14.3 Å². The van der Waals surface area contributed by atoms with Crippen molar-refractivity contribution in [3.8, 4) is 5.75 Å². The van der Waals surface area contributed by atoms with E-state index in [1.807, 2.05) is 36.4 Å². The molecule has 6 nitrogen and oxygen atoms in total. The van der Waals surface area contributed by atoms with E-state index in [-0.39, 0.29) is 36.0 Å². The van der Waals surface area contributed by atoms with E-state index in [4.69, 9.17) is 9.53 Å². The van der Waals surface area contributed by atoms with E-state index in [1.165, 1.54) is 0 Å². The number of hydrogen-bond acceptors (Lipinski definition) is 5. The zero-order valence-corrected chi connectivity index (χ0v) is 21.7. The molecule has 0 spiro atoms. The molecule has 182 valence electrons. The van der Waals surface area contributed by atoms with E-state index >= 15 is 0 Å². The van der Waals surface area contributed by atoms with Crippen molar-refractivity contribution in [2.75, 3.05) is 6.54 Å². The Morgan fingerprint density at radius 3 is 2.24 bits per heavy atom. The fourth-order valence-corrected chi connectivity index (χ4v) is 4.68. The Kier molecular flexibility index (Phi) is 9.26. The van der Waals surface area contributed by atoms with Gasteiger partial charge in [0.1, 0.15) is 5.75 Å². The summed E-state index contributed by atoms with van der Waals surface area (Å²) in [6.07, 6.45) is 0.623. The van der Waals surface area contributed by atoms with Gasteiger partial charge in [-0.1, -0.05) is 51.1 Å². The van der Waals surface area contributed by atoms with Crippen molar-refractivity contribution < 1.29 is 24.5 Å². The molecule has 0 bridgehead atoms. The molecule has 0 heterocycles. The predicted molar refractivity (Wildman–Crippen MR) is 134 cm³/mol. The van der Waals surface area contributed by atoms with Gasteiger partial charge in [-0.3, -0.25) is 4.79 Å². The van der Waals surface area contributed by atoms with Crippen LogP contribution >= 0.6 is 0 Å². The maximum Gasteiger partial charge on any atom is 0.307 e. The molecular formula is C26H39NO5Si. The van der Waals surface area contributed by atoms with Gasteiger partial charge in [0.25, 0.3) is 0 Å². The summed E-state index contributed by atoms with van der Waals surface area (Å²) in [5, 5.41) is 32.1. The van der Waals surface area contributed by atoms with Crippen LogP contribution in [-0.4, -0.2) is 42.2 Å². The van der Waals surface area contributed by atoms with Crippen LogP contribution in [0, 0.1) is 0 Å². The number of carboxylic acids is 1. The minimum absolute atomic E-state index is 0.0308. The van der Waals surface area contributed by atoms with Gasteiger partial charge in [0.2, 0.25) is 0 Å². The van der Waals surface area contributed by atoms with Crippen LogP contribution in [0.4, 0.5) is 0 Å². The van der Waals surface area contributed by atoms with Gasteiger partial charge in [-0.15, -0.1) is 0 Å². The lowest BCUT2D eigenvalue weighted by molar-refractivity contribution is -0.136. The molecular weight excluding hydrogens is 434 g/mol. The summed E-state index contributed by atoms with van der Waals surface area (Å²) in [4.78, 5) is 10.9. The van der Waals surface area contributed by atoms with Crippen LogP contribution in [0.5, 0.6) is 5.75 Å². The van der Waals surface area contributed by atoms with Gasteiger partial charge < -0.3 is 25.1 Å². The first kappa shape index (κ1) is 27.1. The highest BCUT2D eigenvalue weighted by Crippen LogP contribution is 2.40. The Balaban J connectivity index is 2.13. The number of phenols is 1. The normalized spacial score (nSPS) is 14.2. The van der Waals surface area contributed by atoms with Crippen molar-refractivity contribution in [2.24, 2.45) is 0 Å². The van der Waals surface area contributed by atoms with Crippen molar-refractivity contribution in [2.45, 2.75) is 77.4 Å². The fourth-order valence-electron chi connectivity index (χ4n) is 3.39.